The number of thioether (sulfide) groups is 1. The quantitative estimate of drug-likeness (QED) is 0.408. The third kappa shape index (κ3) is 8.09. The van der Waals surface area contributed by atoms with Crippen molar-refractivity contribution in [1.82, 2.24) is 0 Å². The van der Waals surface area contributed by atoms with Gasteiger partial charge in [0.25, 0.3) is 0 Å². The summed E-state index contributed by atoms with van der Waals surface area (Å²) < 4.78 is 0. The van der Waals surface area contributed by atoms with Crippen molar-refractivity contribution in [2.75, 3.05) is 11.5 Å². The van der Waals surface area contributed by atoms with Crippen molar-refractivity contribution in [1.29, 1.82) is 0 Å². The summed E-state index contributed by atoms with van der Waals surface area (Å²) in [7, 11) is 0. The Morgan fingerprint density at radius 3 is 2.78 bits per heavy atom. The summed E-state index contributed by atoms with van der Waals surface area (Å²) in [6.07, 6.45) is 5.77. The molecule has 0 fully saturated rings. The maximum atomic E-state index is 3.67. The minimum absolute atomic E-state index is 1.18. The summed E-state index contributed by atoms with van der Waals surface area (Å²) in [4.78, 5) is 0. The van der Waals surface area contributed by atoms with Gasteiger partial charge in [0.2, 0.25) is 0 Å². The molecule has 0 amide bonds. The van der Waals surface area contributed by atoms with Crippen molar-refractivity contribution in [3.05, 3.63) is 12.7 Å². The maximum Gasteiger partial charge on any atom is -0.00646 e. The molecular weight excluding hydrogens is 128 g/mol. The van der Waals surface area contributed by atoms with E-state index in [2.05, 4.69) is 13.5 Å². The smallest absolute Gasteiger partial charge is 0.00646 e. The predicted molar refractivity (Wildman–Crippen MR) is 47.0 cm³/mol. The highest BCUT2D eigenvalue weighted by Crippen LogP contribution is 2.05. The van der Waals surface area contributed by atoms with E-state index >= 15 is 0 Å². The molecule has 0 aliphatic rings. The normalized spacial score (nSPS) is 9.44. The Hall–Kier alpha value is 0.0900. The summed E-state index contributed by atoms with van der Waals surface area (Å²) in [5.74, 6) is 2.62. The second-order valence-electron chi connectivity index (χ2n) is 2.04. The Balaban J connectivity index is 2.66. The summed E-state index contributed by atoms with van der Waals surface area (Å²) in [6.45, 7) is 5.89. The maximum absolute atomic E-state index is 3.67. The molecule has 0 nitrogen and oxygen atoms in total. The van der Waals surface area contributed by atoms with Gasteiger partial charge in [-0.1, -0.05) is 13.0 Å². The molecule has 0 aliphatic heterocycles. The van der Waals surface area contributed by atoms with Crippen LogP contribution < -0.4 is 0 Å². The third-order valence-corrected chi connectivity index (χ3v) is 2.32. The fourth-order valence-electron chi connectivity index (χ4n) is 0.576. The molecule has 0 spiro atoms. The first kappa shape index (κ1) is 9.09. The molecule has 0 unspecified atom stereocenters. The first-order valence-electron chi connectivity index (χ1n) is 3.60. The number of rotatable bonds is 6. The van der Waals surface area contributed by atoms with Crippen molar-refractivity contribution >= 4 is 11.8 Å². The van der Waals surface area contributed by atoms with Gasteiger partial charge in [0.05, 0.1) is 0 Å². The third-order valence-electron chi connectivity index (χ3n) is 1.05. The molecule has 0 saturated carbocycles. The van der Waals surface area contributed by atoms with Crippen LogP contribution in [-0.4, -0.2) is 11.5 Å². The number of hydrogen-bond acceptors (Lipinski definition) is 1. The SMILES string of the molecule is C=CCCCSCCC. The van der Waals surface area contributed by atoms with Crippen molar-refractivity contribution in [2.45, 2.75) is 26.2 Å². The number of hydrogen-bond donors (Lipinski definition) is 0. The standard InChI is InChI=1S/C8H16S/c1-3-5-6-8-9-7-4-2/h3H,1,4-8H2,2H3. The Kier molecular flexibility index (Phi) is 8.17. The topological polar surface area (TPSA) is 0 Å². The Morgan fingerprint density at radius 2 is 2.22 bits per heavy atom. The van der Waals surface area contributed by atoms with Crippen LogP contribution in [0.3, 0.4) is 0 Å². The molecule has 54 valence electrons. The molecule has 1 heteroatoms. The van der Waals surface area contributed by atoms with Crippen LogP contribution in [0.25, 0.3) is 0 Å². The molecule has 0 aliphatic carbocycles. The van der Waals surface area contributed by atoms with Crippen LogP contribution in [-0.2, 0) is 0 Å². The lowest BCUT2D eigenvalue weighted by Crippen LogP contribution is -1.79. The second kappa shape index (κ2) is 8.09. The Morgan fingerprint density at radius 1 is 1.44 bits per heavy atom. The molecule has 0 atom stereocenters. The minimum Gasteiger partial charge on any atom is -0.162 e. The predicted octanol–water partition coefficient (Wildman–Crippen LogP) is 3.10. The first-order valence-corrected chi connectivity index (χ1v) is 4.76. The van der Waals surface area contributed by atoms with E-state index in [0.717, 1.165) is 0 Å². The molecule has 0 aromatic heterocycles. The lowest BCUT2D eigenvalue weighted by Gasteiger charge is -1.94. The van der Waals surface area contributed by atoms with E-state index < -0.39 is 0 Å². The van der Waals surface area contributed by atoms with Gasteiger partial charge in [-0.2, -0.15) is 11.8 Å². The van der Waals surface area contributed by atoms with E-state index in [1.54, 1.807) is 0 Å². The summed E-state index contributed by atoms with van der Waals surface area (Å²) in [6, 6.07) is 0. The van der Waals surface area contributed by atoms with E-state index in [1.807, 2.05) is 17.8 Å². The molecule has 0 heterocycles. The van der Waals surface area contributed by atoms with Crippen molar-refractivity contribution in [2.24, 2.45) is 0 Å². The first-order chi connectivity index (χ1) is 4.41. The van der Waals surface area contributed by atoms with E-state index in [1.165, 1.54) is 30.8 Å². The van der Waals surface area contributed by atoms with Gasteiger partial charge >= 0.3 is 0 Å². The average molecular weight is 144 g/mol. The van der Waals surface area contributed by atoms with Crippen LogP contribution >= 0.6 is 11.8 Å². The van der Waals surface area contributed by atoms with Gasteiger partial charge in [-0.25, -0.2) is 0 Å². The zero-order valence-corrected chi connectivity index (χ0v) is 7.04. The van der Waals surface area contributed by atoms with Gasteiger partial charge in [-0.15, -0.1) is 6.58 Å². The van der Waals surface area contributed by atoms with Gasteiger partial charge in [-0.05, 0) is 30.8 Å². The molecule has 0 radical (unpaired) electrons. The highest BCUT2D eigenvalue weighted by Gasteiger charge is 1.84. The highest BCUT2D eigenvalue weighted by molar-refractivity contribution is 7.99. The molecule has 0 aromatic carbocycles. The van der Waals surface area contributed by atoms with Gasteiger partial charge in [0.1, 0.15) is 0 Å². The van der Waals surface area contributed by atoms with Crippen LogP contribution in [0, 0.1) is 0 Å². The Bertz CT molecular complexity index is 59.6. The van der Waals surface area contributed by atoms with Crippen molar-refractivity contribution < 1.29 is 0 Å². The zero-order valence-electron chi connectivity index (χ0n) is 6.23. The minimum atomic E-state index is 1.18. The van der Waals surface area contributed by atoms with E-state index in [-0.39, 0.29) is 0 Å². The van der Waals surface area contributed by atoms with E-state index in [9.17, 15) is 0 Å². The fraction of sp³-hybridized carbons (Fsp3) is 0.750. The molecule has 0 N–H and O–H groups in total. The van der Waals surface area contributed by atoms with Gasteiger partial charge in [0, 0.05) is 0 Å². The van der Waals surface area contributed by atoms with E-state index in [0.29, 0.717) is 0 Å². The zero-order chi connectivity index (χ0) is 6.95. The molecule has 0 saturated heterocycles. The fourth-order valence-corrected chi connectivity index (χ4v) is 1.44. The van der Waals surface area contributed by atoms with Crippen LogP contribution in [0.4, 0.5) is 0 Å². The molecular formula is C8H16S. The van der Waals surface area contributed by atoms with Crippen LogP contribution in [0.2, 0.25) is 0 Å². The molecule has 0 aromatic rings. The summed E-state index contributed by atoms with van der Waals surface area (Å²) >= 11 is 2.05. The number of unbranched alkanes of at least 4 members (excludes halogenated alkanes) is 1. The van der Waals surface area contributed by atoms with Crippen LogP contribution in [0.1, 0.15) is 26.2 Å². The highest BCUT2D eigenvalue weighted by atomic mass is 32.2. The average Bonchev–Trinajstić information content (AvgIpc) is 1.89. The molecule has 0 rings (SSSR count). The molecule has 0 bridgehead atoms. The largest absolute Gasteiger partial charge is 0.162 e. The van der Waals surface area contributed by atoms with Gasteiger partial charge in [0.15, 0.2) is 0 Å². The summed E-state index contributed by atoms with van der Waals surface area (Å²) in [5, 5.41) is 0. The van der Waals surface area contributed by atoms with Crippen molar-refractivity contribution in [3.63, 3.8) is 0 Å². The lowest BCUT2D eigenvalue weighted by molar-refractivity contribution is 0.970. The van der Waals surface area contributed by atoms with Crippen LogP contribution in [0.15, 0.2) is 12.7 Å². The second-order valence-corrected chi connectivity index (χ2v) is 3.27. The summed E-state index contributed by atoms with van der Waals surface area (Å²) in [5.41, 5.74) is 0. The molecule has 9 heavy (non-hydrogen) atoms. The van der Waals surface area contributed by atoms with Crippen molar-refractivity contribution in [3.8, 4) is 0 Å². The number of allylic oxidation sites excluding steroid dienone is 1. The Labute approximate surface area is 62.7 Å². The van der Waals surface area contributed by atoms with Crippen LogP contribution in [0.5, 0.6) is 0 Å². The van der Waals surface area contributed by atoms with Gasteiger partial charge in [-0.3, -0.25) is 0 Å². The lowest BCUT2D eigenvalue weighted by atomic mass is 10.3. The monoisotopic (exact) mass is 144 g/mol. The van der Waals surface area contributed by atoms with Gasteiger partial charge < -0.3 is 0 Å². The van der Waals surface area contributed by atoms with E-state index in [4.69, 9.17) is 0 Å².